The van der Waals surface area contributed by atoms with E-state index in [0.717, 1.165) is 5.56 Å². The molecule has 6 heteroatoms. The molecule has 0 atom stereocenters. The average molecular weight is 345 g/mol. The minimum absolute atomic E-state index is 0.0552. The predicted octanol–water partition coefficient (Wildman–Crippen LogP) is 2.93. The Labute approximate surface area is 145 Å². The van der Waals surface area contributed by atoms with Crippen LogP contribution in [0.2, 0.25) is 5.02 Å². The summed E-state index contributed by atoms with van der Waals surface area (Å²) in [6.45, 7) is 2.08. The van der Waals surface area contributed by atoms with Crippen molar-refractivity contribution >= 4 is 29.5 Å². The van der Waals surface area contributed by atoms with Gasteiger partial charge in [-0.15, -0.1) is 0 Å². The van der Waals surface area contributed by atoms with Gasteiger partial charge in [-0.1, -0.05) is 23.7 Å². The van der Waals surface area contributed by atoms with E-state index in [4.69, 9.17) is 16.0 Å². The lowest BCUT2D eigenvalue weighted by molar-refractivity contribution is -0.127. The van der Waals surface area contributed by atoms with Gasteiger partial charge in [0, 0.05) is 37.3 Å². The van der Waals surface area contributed by atoms with E-state index in [0.29, 0.717) is 36.8 Å². The van der Waals surface area contributed by atoms with Gasteiger partial charge in [0.25, 0.3) is 5.91 Å². The van der Waals surface area contributed by atoms with Crippen molar-refractivity contribution in [1.82, 2.24) is 9.80 Å². The zero-order valence-corrected chi connectivity index (χ0v) is 13.8. The molecule has 2 heterocycles. The summed E-state index contributed by atoms with van der Waals surface area (Å²) in [5.74, 6) is -0.118. The molecule has 0 unspecified atom stereocenters. The Morgan fingerprint density at radius 3 is 2.29 bits per heavy atom. The summed E-state index contributed by atoms with van der Waals surface area (Å²) in [6, 6.07) is 8.92. The van der Waals surface area contributed by atoms with Crippen molar-refractivity contribution in [1.29, 1.82) is 0 Å². The number of carbonyl (C=O) groups is 2. The predicted molar refractivity (Wildman–Crippen MR) is 91.7 cm³/mol. The molecule has 3 rings (SSSR count). The molecule has 5 nitrogen and oxygen atoms in total. The van der Waals surface area contributed by atoms with Gasteiger partial charge in [-0.2, -0.15) is 0 Å². The third-order valence-corrected chi connectivity index (χ3v) is 4.19. The fourth-order valence-electron chi connectivity index (χ4n) is 2.55. The molecule has 0 bridgehead atoms. The van der Waals surface area contributed by atoms with Crippen molar-refractivity contribution in [3.05, 3.63) is 65.1 Å². The Bertz CT molecular complexity index is 730. The largest absolute Gasteiger partial charge is 0.472 e. The molecule has 1 fully saturated rings. The second-order valence-electron chi connectivity index (χ2n) is 5.51. The minimum Gasteiger partial charge on any atom is -0.472 e. The first kappa shape index (κ1) is 16.3. The zero-order chi connectivity index (χ0) is 16.9. The maximum atomic E-state index is 12.2. The molecule has 124 valence electrons. The van der Waals surface area contributed by atoms with Crippen LogP contribution in [0.1, 0.15) is 15.9 Å². The molecule has 24 heavy (non-hydrogen) atoms. The van der Waals surface area contributed by atoms with Gasteiger partial charge in [-0.05, 0) is 29.8 Å². The average Bonchev–Trinajstić information content (AvgIpc) is 3.15. The standard InChI is InChI=1S/C18H17ClN2O3/c19-16-4-1-14(2-5-16)3-6-17(22)20-8-10-21(11-9-20)18(23)15-7-12-24-13-15/h1-7,12-13H,8-11H2/b6-3+. The summed E-state index contributed by atoms with van der Waals surface area (Å²) in [5.41, 5.74) is 1.46. The van der Waals surface area contributed by atoms with Gasteiger partial charge in [0.15, 0.2) is 0 Å². The van der Waals surface area contributed by atoms with Crippen LogP contribution in [0.3, 0.4) is 0 Å². The van der Waals surface area contributed by atoms with Gasteiger partial charge < -0.3 is 14.2 Å². The number of nitrogens with zero attached hydrogens (tertiary/aromatic N) is 2. The summed E-state index contributed by atoms with van der Waals surface area (Å²) in [7, 11) is 0. The summed E-state index contributed by atoms with van der Waals surface area (Å²) in [6.07, 6.45) is 6.24. The quantitative estimate of drug-likeness (QED) is 0.804. The van der Waals surface area contributed by atoms with Crippen molar-refractivity contribution in [3.63, 3.8) is 0 Å². The van der Waals surface area contributed by atoms with E-state index in [1.54, 1.807) is 40.2 Å². The van der Waals surface area contributed by atoms with Gasteiger partial charge in [0.2, 0.25) is 5.91 Å². The Balaban J connectivity index is 1.53. The van der Waals surface area contributed by atoms with Crippen molar-refractivity contribution in [3.8, 4) is 0 Å². The maximum absolute atomic E-state index is 12.2. The molecule has 0 spiro atoms. The molecule has 1 aliphatic rings. The van der Waals surface area contributed by atoms with Crippen LogP contribution in [-0.4, -0.2) is 47.8 Å². The monoisotopic (exact) mass is 344 g/mol. The van der Waals surface area contributed by atoms with Crippen molar-refractivity contribution in [2.75, 3.05) is 26.2 Å². The maximum Gasteiger partial charge on any atom is 0.257 e. The topological polar surface area (TPSA) is 53.8 Å². The first-order valence-corrected chi connectivity index (χ1v) is 8.05. The number of hydrogen-bond acceptors (Lipinski definition) is 3. The molecular formula is C18H17ClN2O3. The van der Waals surface area contributed by atoms with Gasteiger partial charge >= 0.3 is 0 Å². The Morgan fingerprint density at radius 1 is 1.00 bits per heavy atom. The van der Waals surface area contributed by atoms with Crippen LogP contribution < -0.4 is 0 Å². The SMILES string of the molecule is O=C(/C=C/c1ccc(Cl)cc1)N1CCN(C(=O)c2ccoc2)CC1. The minimum atomic E-state index is -0.0624. The van der Waals surface area contributed by atoms with E-state index in [1.165, 1.54) is 12.5 Å². The summed E-state index contributed by atoms with van der Waals surface area (Å²) >= 11 is 5.83. The highest BCUT2D eigenvalue weighted by Gasteiger charge is 2.24. The van der Waals surface area contributed by atoms with E-state index in [9.17, 15) is 9.59 Å². The van der Waals surface area contributed by atoms with Crippen LogP contribution in [0.25, 0.3) is 6.08 Å². The van der Waals surface area contributed by atoms with Gasteiger partial charge in [0.1, 0.15) is 6.26 Å². The molecule has 1 aliphatic heterocycles. The number of benzene rings is 1. The lowest BCUT2D eigenvalue weighted by Crippen LogP contribution is -2.50. The third-order valence-electron chi connectivity index (χ3n) is 3.94. The first-order valence-electron chi connectivity index (χ1n) is 7.67. The van der Waals surface area contributed by atoms with E-state index in [2.05, 4.69) is 0 Å². The first-order chi connectivity index (χ1) is 11.6. The molecule has 0 aliphatic carbocycles. The van der Waals surface area contributed by atoms with Crippen LogP contribution in [0, 0.1) is 0 Å². The molecule has 2 amide bonds. The highest BCUT2D eigenvalue weighted by Crippen LogP contribution is 2.12. The molecule has 2 aromatic rings. The molecule has 0 N–H and O–H groups in total. The molecule has 1 aromatic heterocycles. The number of hydrogen-bond donors (Lipinski definition) is 0. The summed E-state index contributed by atoms with van der Waals surface area (Å²) < 4.78 is 4.94. The summed E-state index contributed by atoms with van der Waals surface area (Å²) in [5, 5.41) is 0.664. The van der Waals surface area contributed by atoms with Crippen LogP contribution in [0.5, 0.6) is 0 Å². The van der Waals surface area contributed by atoms with Gasteiger partial charge in [0.05, 0.1) is 11.8 Å². The number of furan rings is 1. The van der Waals surface area contributed by atoms with E-state index in [-0.39, 0.29) is 11.8 Å². The van der Waals surface area contributed by atoms with Crippen LogP contribution in [0.15, 0.2) is 53.4 Å². The second kappa shape index (κ2) is 7.36. The lowest BCUT2D eigenvalue weighted by Gasteiger charge is -2.34. The molecule has 1 aromatic carbocycles. The Kier molecular flexibility index (Phi) is 5.01. The second-order valence-corrected chi connectivity index (χ2v) is 5.95. The van der Waals surface area contributed by atoms with Crippen molar-refractivity contribution < 1.29 is 14.0 Å². The van der Waals surface area contributed by atoms with Crippen LogP contribution in [-0.2, 0) is 4.79 Å². The van der Waals surface area contributed by atoms with Gasteiger partial charge in [-0.3, -0.25) is 9.59 Å². The lowest BCUT2D eigenvalue weighted by atomic mass is 10.2. The van der Waals surface area contributed by atoms with Crippen molar-refractivity contribution in [2.24, 2.45) is 0 Å². The Morgan fingerprint density at radius 2 is 1.67 bits per heavy atom. The summed E-state index contributed by atoms with van der Waals surface area (Å²) in [4.78, 5) is 27.9. The number of piperazine rings is 1. The molecular weight excluding hydrogens is 328 g/mol. The number of carbonyl (C=O) groups excluding carboxylic acids is 2. The molecule has 0 radical (unpaired) electrons. The number of rotatable bonds is 3. The third kappa shape index (κ3) is 3.86. The Hall–Kier alpha value is -2.53. The fourth-order valence-corrected chi connectivity index (χ4v) is 2.67. The zero-order valence-electron chi connectivity index (χ0n) is 13.0. The van der Waals surface area contributed by atoms with Gasteiger partial charge in [-0.25, -0.2) is 0 Å². The number of amides is 2. The van der Waals surface area contributed by atoms with Crippen LogP contribution in [0.4, 0.5) is 0 Å². The highest BCUT2D eigenvalue weighted by molar-refractivity contribution is 6.30. The van der Waals surface area contributed by atoms with E-state index in [1.807, 2.05) is 12.1 Å². The van der Waals surface area contributed by atoms with Crippen LogP contribution >= 0.6 is 11.6 Å². The highest BCUT2D eigenvalue weighted by atomic mass is 35.5. The number of halogens is 1. The normalized spacial score (nSPS) is 15.0. The van der Waals surface area contributed by atoms with E-state index < -0.39 is 0 Å². The molecule has 0 saturated carbocycles. The molecule has 1 saturated heterocycles. The van der Waals surface area contributed by atoms with Crippen molar-refractivity contribution in [2.45, 2.75) is 0 Å². The fraction of sp³-hybridized carbons (Fsp3) is 0.222. The smallest absolute Gasteiger partial charge is 0.257 e. The van der Waals surface area contributed by atoms with E-state index >= 15 is 0 Å².